The summed E-state index contributed by atoms with van der Waals surface area (Å²) in [5.74, 6) is 5.11. The van der Waals surface area contributed by atoms with E-state index in [0.29, 0.717) is 11.5 Å². The zero-order valence-corrected chi connectivity index (χ0v) is 8.18. The summed E-state index contributed by atoms with van der Waals surface area (Å²) in [6.07, 6.45) is 8.26. The number of allylic oxidation sites excluding steroid dienone is 4. The minimum atomic E-state index is -0.265. The van der Waals surface area contributed by atoms with Crippen LogP contribution in [0.25, 0.3) is 0 Å². The van der Waals surface area contributed by atoms with Gasteiger partial charge < -0.3 is 0 Å². The first kappa shape index (κ1) is 9.68. The summed E-state index contributed by atoms with van der Waals surface area (Å²) in [4.78, 5) is 11.2. The highest BCUT2D eigenvalue weighted by molar-refractivity contribution is 5.93. The molecule has 0 fully saturated rings. The largest absolute Gasteiger partial charge is 0.290 e. The fourth-order valence-corrected chi connectivity index (χ4v) is 1.59. The van der Waals surface area contributed by atoms with Crippen molar-refractivity contribution in [2.24, 2.45) is 5.84 Å². The van der Waals surface area contributed by atoms with Crippen LogP contribution in [0.5, 0.6) is 0 Å². The first-order chi connectivity index (χ1) is 7.31. The van der Waals surface area contributed by atoms with Gasteiger partial charge in [-0.1, -0.05) is 36.4 Å². The highest BCUT2D eigenvalue weighted by Crippen LogP contribution is 2.22. The lowest BCUT2D eigenvalue weighted by atomic mass is 9.99. The summed E-state index contributed by atoms with van der Waals surface area (Å²) in [5, 5.41) is 0. The average molecular weight is 200 g/mol. The molecule has 0 spiro atoms. The Morgan fingerprint density at radius 3 is 2.27 bits per heavy atom. The number of benzene rings is 1. The second-order valence-electron chi connectivity index (χ2n) is 3.39. The number of hydrogen-bond donors (Lipinski definition) is 2. The molecule has 0 bridgehead atoms. The Hall–Kier alpha value is -1.87. The van der Waals surface area contributed by atoms with E-state index < -0.39 is 0 Å². The minimum absolute atomic E-state index is 0.265. The number of carbonyl (C=O) groups is 1. The molecule has 0 atom stereocenters. The van der Waals surface area contributed by atoms with Crippen LogP contribution in [0.4, 0.5) is 0 Å². The van der Waals surface area contributed by atoms with Crippen LogP contribution in [0.2, 0.25) is 0 Å². The first-order valence-corrected chi connectivity index (χ1v) is 4.77. The zero-order valence-electron chi connectivity index (χ0n) is 8.18. The van der Waals surface area contributed by atoms with Crippen LogP contribution in [0.15, 0.2) is 48.6 Å². The molecule has 0 heterocycles. The quantitative estimate of drug-likeness (QED) is 0.432. The summed E-state index contributed by atoms with van der Waals surface area (Å²) in [5.41, 5.74) is 3.85. The van der Waals surface area contributed by atoms with Crippen molar-refractivity contribution in [1.29, 1.82) is 0 Å². The molecule has 0 saturated heterocycles. The predicted octanol–water partition coefficient (Wildman–Crippen LogP) is 1.50. The maximum Gasteiger partial charge on any atom is 0.265 e. The Morgan fingerprint density at radius 2 is 1.73 bits per heavy atom. The third-order valence-corrected chi connectivity index (χ3v) is 2.44. The zero-order chi connectivity index (χ0) is 10.7. The Bertz CT molecular complexity index is 406. The smallest absolute Gasteiger partial charge is 0.265 e. The van der Waals surface area contributed by atoms with Gasteiger partial charge in [-0.05, 0) is 17.7 Å². The molecule has 1 amide bonds. The molecule has 0 aromatic heterocycles. The molecule has 2 rings (SSSR count). The van der Waals surface area contributed by atoms with Gasteiger partial charge in [0.2, 0.25) is 0 Å². The Kier molecular flexibility index (Phi) is 2.65. The molecule has 76 valence electrons. The molecule has 1 aromatic carbocycles. The normalized spacial score (nSPS) is 14.5. The minimum Gasteiger partial charge on any atom is -0.290 e. The first-order valence-electron chi connectivity index (χ1n) is 4.77. The number of nitrogens with two attached hydrogens (primary N) is 1. The molecule has 1 aliphatic carbocycles. The van der Waals surface area contributed by atoms with Gasteiger partial charge >= 0.3 is 0 Å². The van der Waals surface area contributed by atoms with Gasteiger partial charge in [-0.25, -0.2) is 5.84 Å². The molecular weight excluding hydrogens is 188 g/mol. The molecular formula is C12H12N2O. The number of nitrogens with one attached hydrogen (secondary N) is 1. The van der Waals surface area contributed by atoms with Crippen molar-refractivity contribution in [2.75, 3.05) is 0 Å². The number of amides is 1. The lowest BCUT2D eigenvalue weighted by Gasteiger charge is -2.06. The number of carbonyl (C=O) groups excluding carboxylic acids is 1. The monoisotopic (exact) mass is 200 g/mol. The topological polar surface area (TPSA) is 55.1 Å². The molecule has 1 aromatic rings. The van der Waals surface area contributed by atoms with Crippen molar-refractivity contribution in [1.82, 2.24) is 5.43 Å². The van der Waals surface area contributed by atoms with Gasteiger partial charge in [-0.2, -0.15) is 0 Å². The molecule has 1 aliphatic rings. The van der Waals surface area contributed by atoms with E-state index in [2.05, 4.69) is 17.6 Å². The van der Waals surface area contributed by atoms with Gasteiger partial charge in [0.1, 0.15) is 0 Å². The van der Waals surface area contributed by atoms with Crippen LogP contribution in [0, 0.1) is 0 Å². The molecule has 0 radical (unpaired) electrons. The van der Waals surface area contributed by atoms with E-state index in [-0.39, 0.29) is 5.91 Å². The van der Waals surface area contributed by atoms with Crippen molar-refractivity contribution in [2.45, 2.75) is 5.92 Å². The Labute approximate surface area is 88.3 Å². The maximum absolute atomic E-state index is 11.2. The van der Waals surface area contributed by atoms with Crippen LogP contribution >= 0.6 is 0 Å². The van der Waals surface area contributed by atoms with E-state index in [1.54, 1.807) is 12.1 Å². The second-order valence-corrected chi connectivity index (χ2v) is 3.39. The van der Waals surface area contributed by atoms with Crippen molar-refractivity contribution in [3.63, 3.8) is 0 Å². The maximum atomic E-state index is 11.2. The second kappa shape index (κ2) is 4.11. The van der Waals surface area contributed by atoms with Crippen LogP contribution in [0.3, 0.4) is 0 Å². The molecule has 3 N–H and O–H groups in total. The standard InChI is InChI=1S/C12H12N2O/c13-14-12(15)11-7-5-10(6-8-11)9-3-1-2-4-9/h1-9H,13H2,(H,14,15). The highest BCUT2D eigenvalue weighted by Gasteiger charge is 2.08. The van der Waals surface area contributed by atoms with Gasteiger partial charge in [0.25, 0.3) is 5.91 Å². The van der Waals surface area contributed by atoms with E-state index in [0.717, 1.165) is 0 Å². The van der Waals surface area contributed by atoms with Crippen molar-refractivity contribution in [3.05, 3.63) is 59.7 Å². The molecule has 0 aliphatic heterocycles. The lowest BCUT2D eigenvalue weighted by Crippen LogP contribution is -2.29. The van der Waals surface area contributed by atoms with Crippen molar-refractivity contribution < 1.29 is 4.79 Å². The summed E-state index contributed by atoms with van der Waals surface area (Å²) in [6.45, 7) is 0. The summed E-state index contributed by atoms with van der Waals surface area (Å²) in [7, 11) is 0. The summed E-state index contributed by atoms with van der Waals surface area (Å²) in [6, 6.07) is 7.43. The summed E-state index contributed by atoms with van der Waals surface area (Å²) >= 11 is 0. The van der Waals surface area contributed by atoms with E-state index in [1.165, 1.54) is 5.56 Å². The molecule has 3 nitrogen and oxygen atoms in total. The number of hydrogen-bond acceptors (Lipinski definition) is 2. The average Bonchev–Trinajstić information content (AvgIpc) is 2.82. The van der Waals surface area contributed by atoms with E-state index in [9.17, 15) is 4.79 Å². The van der Waals surface area contributed by atoms with Gasteiger partial charge in [-0.3, -0.25) is 10.2 Å². The van der Waals surface area contributed by atoms with Crippen LogP contribution < -0.4 is 11.3 Å². The van der Waals surface area contributed by atoms with E-state index >= 15 is 0 Å². The predicted molar refractivity (Wildman–Crippen MR) is 59.1 cm³/mol. The van der Waals surface area contributed by atoms with Crippen molar-refractivity contribution in [3.8, 4) is 0 Å². The van der Waals surface area contributed by atoms with Gasteiger partial charge in [0.05, 0.1) is 0 Å². The highest BCUT2D eigenvalue weighted by atomic mass is 16.2. The fraction of sp³-hybridized carbons (Fsp3) is 0.0833. The van der Waals surface area contributed by atoms with Gasteiger partial charge in [-0.15, -0.1) is 0 Å². The molecule has 15 heavy (non-hydrogen) atoms. The van der Waals surface area contributed by atoms with E-state index in [4.69, 9.17) is 5.84 Å². The lowest BCUT2D eigenvalue weighted by molar-refractivity contribution is 0.0953. The molecule has 0 unspecified atom stereocenters. The third-order valence-electron chi connectivity index (χ3n) is 2.44. The number of nitrogen functional groups attached to an aromatic ring is 1. The van der Waals surface area contributed by atoms with Crippen molar-refractivity contribution >= 4 is 5.91 Å². The van der Waals surface area contributed by atoms with Gasteiger partial charge in [0.15, 0.2) is 0 Å². The van der Waals surface area contributed by atoms with Crippen LogP contribution in [-0.2, 0) is 0 Å². The van der Waals surface area contributed by atoms with Crippen LogP contribution in [0.1, 0.15) is 21.8 Å². The molecule has 3 heteroatoms. The number of rotatable bonds is 2. The van der Waals surface area contributed by atoms with E-state index in [1.807, 2.05) is 24.3 Å². The Morgan fingerprint density at radius 1 is 1.13 bits per heavy atom. The molecule has 0 saturated carbocycles. The number of hydrazine groups is 1. The Balaban J connectivity index is 2.20. The van der Waals surface area contributed by atoms with Gasteiger partial charge in [0, 0.05) is 11.5 Å². The van der Waals surface area contributed by atoms with Crippen LogP contribution in [-0.4, -0.2) is 5.91 Å². The SMILES string of the molecule is NNC(=O)c1ccc(C2C=CC=C2)cc1. The third kappa shape index (κ3) is 1.97. The fourth-order valence-electron chi connectivity index (χ4n) is 1.59. The summed E-state index contributed by atoms with van der Waals surface area (Å²) < 4.78 is 0.